The lowest BCUT2D eigenvalue weighted by molar-refractivity contribution is -0.154. The number of hydrogen-bond acceptors (Lipinski definition) is 6. The van der Waals surface area contributed by atoms with E-state index in [0.717, 1.165) is 0 Å². The lowest BCUT2D eigenvalue weighted by Gasteiger charge is -2.20. The van der Waals surface area contributed by atoms with Crippen LogP contribution in [-0.4, -0.2) is 34.4 Å². The van der Waals surface area contributed by atoms with Crippen LogP contribution in [0.4, 0.5) is 5.82 Å². The van der Waals surface area contributed by atoms with Crippen molar-refractivity contribution < 1.29 is 23.6 Å². The Morgan fingerprint density at radius 3 is 2.45 bits per heavy atom. The van der Waals surface area contributed by atoms with Gasteiger partial charge in [-0.25, -0.2) is 0 Å². The smallest absolute Gasteiger partial charge is 0.327 e. The number of anilines is 1. The Bertz CT molecular complexity index is 1130. The van der Waals surface area contributed by atoms with Gasteiger partial charge in [-0.1, -0.05) is 60.3 Å². The number of aryl methyl sites for hydroxylation is 1. The largest absolute Gasteiger partial charge is 0.446 e. The molecule has 8 heteroatoms. The van der Waals surface area contributed by atoms with Gasteiger partial charge in [-0.2, -0.15) is 0 Å². The molecule has 3 aromatic rings. The first-order valence-corrected chi connectivity index (χ1v) is 9.53. The second kappa shape index (κ2) is 8.27. The van der Waals surface area contributed by atoms with Gasteiger partial charge in [0.25, 0.3) is 11.8 Å². The first-order valence-electron chi connectivity index (χ1n) is 9.53. The number of esters is 1. The van der Waals surface area contributed by atoms with Crippen molar-refractivity contribution in [1.82, 2.24) is 10.1 Å². The van der Waals surface area contributed by atoms with Crippen molar-refractivity contribution in [2.24, 2.45) is 0 Å². The molecule has 0 saturated heterocycles. The number of hydrogen-bond donors (Lipinski definition) is 1. The monoisotopic (exact) mass is 417 g/mol. The molecule has 1 N–H and O–H groups in total. The maximum absolute atomic E-state index is 12.8. The summed E-state index contributed by atoms with van der Waals surface area (Å²) in [6.45, 7) is 5.23. The number of carbonyl (C=O) groups excluding carboxylic acids is 3. The topological polar surface area (TPSA) is 102 Å². The number of benzene rings is 2. The van der Waals surface area contributed by atoms with E-state index in [2.05, 4.69) is 17.1 Å². The fraction of sp³-hybridized carbons (Fsp3) is 0.130. The van der Waals surface area contributed by atoms with Gasteiger partial charge in [0.1, 0.15) is 12.3 Å². The Morgan fingerprint density at radius 2 is 1.81 bits per heavy atom. The van der Waals surface area contributed by atoms with Gasteiger partial charge in [0.15, 0.2) is 5.82 Å². The Labute approximate surface area is 178 Å². The van der Waals surface area contributed by atoms with Crippen LogP contribution in [0.1, 0.15) is 33.3 Å². The Kier molecular flexibility index (Phi) is 5.36. The number of carbonyl (C=O) groups is 3. The molecule has 1 aliphatic rings. The average molecular weight is 417 g/mol. The standard InChI is InChI=1S/C23H19N3O5/c1-14-12-19(25-31-14)24-22(28)21(16-8-4-3-5-9-16)30-20(27)13-26-15(2)17-10-6-7-11-18(17)23(26)29/h3-12,21H,2,13H2,1H3,(H,24,25,28). The normalized spacial score (nSPS) is 13.6. The van der Waals surface area contributed by atoms with Gasteiger partial charge in [0.2, 0.25) is 6.10 Å². The van der Waals surface area contributed by atoms with E-state index >= 15 is 0 Å². The minimum atomic E-state index is -1.24. The number of nitrogens with zero attached hydrogens (tertiary/aromatic N) is 2. The molecular weight excluding hydrogens is 398 g/mol. The summed E-state index contributed by atoms with van der Waals surface area (Å²) >= 11 is 0. The maximum atomic E-state index is 12.8. The van der Waals surface area contributed by atoms with E-state index in [1.54, 1.807) is 67.6 Å². The molecule has 1 aromatic heterocycles. The molecule has 31 heavy (non-hydrogen) atoms. The van der Waals surface area contributed by atoms with Crippen molar-refractivity contribution in [2.45, 2.75) is 13.0 Å². The second-order valence-electron chi connectivity index (χ2n) is 6.98. The van der Waals surface area contributed by atoms with Gasteiger partial charge in [0.05, 0.1) is 0 Å². The van der Waals surface area contributed by atoms with Gasteiger partial charge in [-0.3, -0.25) is 19.3 Å². The first-order chi connectivity index (χ1) is 14.9. The van der Waals surface area contributed by atoms with Crippen molar-refractivity contribution in [3.8, 4) is 0 Å². The molecule has 0 radical (unpaired) electrons. The lowest BCUT2D eigenvalue weighted by Crippen LogP contribution is -2.33. The Hall–Kier alpha value is -4.20. The third-order valence-electron chi connectivity index (χ3n) is 4.80. The van der Waals surface area contributed by atoms with Crippen molar-refractivity contribution in [3.63, 3.8) is 0 Å². The van der Waals surface area contributed by atoms with Crippen LogP contribution in [0.3, 0.4) is 0 Å². The van der Waals surface area contributed by atoms with E-state index < -0.39 is 18.0 Å². The van der Waals surface area contributed by atoms with E-state index in [4.69, 9.17) is 9.26 Å². The predicted molar refractivity (Wildman–Crippen MR) is 112 cm³/mol. The van der Waals surface area contributed by atoms with Gasteiger partial charge in [-0.15, -0.1) is 0 Å². The third kappa shape index (κ3) is 4.09. The van der Waals surface area contributed by atoms with Crippen LogP contribution in [0.2, 0.25) is 0 Å². The zero-order valence-corrected chi connectivity index (χ0v) is 16.7. The molecule has 2 heterocycles. The molecule has 1 aliphatic heterocycles. The van der Waals surface area contributed by atoms with E-state index in [0.29, 0.717) is 28.1 Å². The molecule has 0 saturated carbocycles. The van der Waals surface area contributed by atoms with Crippen molar-refractivity contribution in [3.05, 3.63) is 89.7 Å². The second-order valence-corrected chi connectivity index (χ2v) is 6.98. The summed E-state index contributed by atoms with van der Waals surface area (Å²) in [6, 6.07) is 17.1. The molecule has 2 aromatic carbocycles. The number of fused-ring (bicyclic) bond motifs is 1. The number of amides is 2. The number of nitrogens with one attached hydrogen (secondary N) is 1. The summed E-state index contributed by atoms with van der Waals surface area (Å²) in [4.78, 5) is 39.4. The minimum absolute atomic E-state index is 0.207. The molecule has 0 fully saturated rings. The minimum Gasteiger partial charge on any atom is -0.446 e. The predicted octanol–water partition coefficient (Wildman–Crippen LogP) is 3.33. The highest BCUT2D eigenvalue weighted by molar-refractivity contribution is 6.10. The van der Waals surface area contributed by atoms with E-state index in [1.165, 1.54) is 4.90 Å². The van der Waals surface area contributed by atoms with Crippen LogP contribution in [0.25, 0.3) is 5.70 Å². The van der Waals surface area contributed by atoms with Crippen LogP contribution in [0.15, 0.2) is 71.8 Å². The highest BCUT2D eigenvalue weighted by Gasteiger charge is 2.34. The zero-order valence-electron chi connectivity index (χ0n) is 16.7. The molecule has 0 aliphatic carbocycles. The van der Waals surface area contributed by atoms with Gasteiger partial charge in [-0.05, 0) is 13.0 Å². The Balaban J connectivity index is 1.50. The number of ether oxygens (including phenoxy) is 1. The van der Waals surface area contributed by atoms with Crippen LogP contribution >= 0.6 is 0 Å². The van der Waals surface area contributed by atoms with E-state index in [1.807, 2.05) is 0 Å². The zero-order chi connectivity index (χ0) is 22.0. The number of aromatic nitrogens is 1. The molecular formula is C23H19N3O5. The van der Waals surface area contributed by atoms with Crippen LogP contribution in [0.5, 0.6) is 0 Å². The molecule has 0 bridgehead atoms. The molecule has 4 rings (SSSR count). The summed E-state index contributed by atoms with van der Waals surface area (Å²) in [5, 5.41) is 6.30. The SMILES string of the molecule is C=C1c2ccccc2C(=O)N1CC(=O)OC(C(=O)Nc1cc(C)on1)c1ccccc1. The summed E-state index contributed by atoms with van der Waals surface area (Å²) in [7, 11) is 0. The van der Waals surface area contributed by atoms with Crippen LogP contribution in [-0.2, 0) is 14.3 Å². The maximum Gasteiger partial charge on any atom is 0.327 e. The van der Waals surface area contributed by atoms with E-state index in [-0.39, 0.29) is 18.3 Å². The molecule has 8 nitrogen and oxygen atoms in total. The third-order valence-corrected chi connectivity index (χ3v) is 4.80. The van der Waals surface area contributed by atoms with Crippen LogP contribution < -0.4 is 5.32 Å². The Morgan fingerprint density at radius 1 is 1.13 bits per heavy atom. The summed E-state index contributed by atoms with van der Waals surface area (Å²) in [6.07, 6.45) is -1.24. The first kappa shape index (κ1) is 20.1. The van der Waals surface area contributed by atoms with Crippen LogP contribution in [0, 0.1) is 6.92 Å². The molecule has 1 unspecified atom stereocenters. The van der Waals surface area contributed by atoms with E-state index in [9.17, 15) is 14.4 Å². The highest BCUT2D eigenvalue weighted by Crippen LogP contribution is 2.31. The fourth-order valence-corrected chi connectivity index (χ4v) is 3.32. The highest BCUT2D eigenvalue weighted by atomic mass is 16.5. The molecule has 1 atom stereocenters. The molecule has 0 spiro atoms. The van der Waals surface area contributed by atoms with Gasteiger partial charge < -0.3 is 14.6 Å². The molecule has 156 valence electrons. The van der Waals surface area contributed by atoms with Crippen molar-refractivity contribution >= 4 is 29.3 Å². The summed E-state index contributed by atoms with van der Waals surface area (Å²) < 4.78 is 10.4. The summed E-state index contributed by atoms with van der Waals surface area (Å²) in [5.41, 5.74) is 2.03. The van der Waals surface area contributed by atoms with Crippen molar-refractivity contribution in [2.75, 3.05) is 11.9 Å². The molecule has 2 amide bonds. The quantitative estimate of drug-likeness (QED) is 0.618. The lowest BCUT2D eigenvalue weighted by atomic mass is 10.1. The summed E-state index contributed by atoms with van der Waals surface area (Å²) in [5.74, 6) is -0.950. The van der Waals surface area contributed by atoms with Gasteiger partial charge in [0, 0.05) is 28.5 Å². The number of rotatable bonds is 6. The average Bonchev–Trinajstić information content (AvgIpc) is 3.29. The fourth-order valence-electron chi connectivity index (χ4n) is 3.32. The van der Waals surface area contributed by atoms with Gasteiger partial charge >= 0.3 is 5.97 Å². The van der Waals surface area contributed by atoms with Crippen molar-refractivity contribution in [1.29, 1.82) is 0 Å².